The Balaban J connectivity index is 2.87. The van der Waals surface area contributed by atoms with E-state index in [4.69, 9.17) is 0 Å². The molecule has 0 aliphatic carbocycles. The zero-order chi connectivity index (χ0) is 9.94. The fraction of sp³-hybridized carbons (Fsp3) is 0.909. The van der Waals surface area contributed by atoms with Gasteiger partial charge in [-0.3, -0.25) is 0 Å². The second kappa shape index (κ2) is 10.5. The number of hydrogen-bond donors (Lipinski definition) is 0. The van der Waals surface area contributed by atoms with Gasteiger partial charge in [0.25, 0.3) is 0 Å². The minimum Gasteiger partial charge on any atom is -0.300 e. The van der Waals surface area contributed by atoms with Gasteiger partial charge in [0.15, 0.2) is 0 Å². The molecule has 0 saturated carbocycles. The minimum absolute atomic E-state index is 0.338. The maximum Gasteiger partial charge on any atom is 0.129 e. The van der Waals surface area contributed by atoms with E-state index in [0.717, 1.165) is 12.8 Å². The molecule has 1 nitrogen and oxygen atoms in total. The lowest BCUT2D eigenvalue weighted by molar-refractivity contribution is -0.117. The van der Waals surface area contributed by atoms with Crippen molar-refractivity contribution in [2.24, 2.45) is 0 Å². The summed E-state index contributed by atoms with van der Waals surface area (Å²) < 4.78 is 1.29. The normalized spacial score (nSPS) is 10.3. The first-order chi connectivity index (χ1) is 6.27. The summed E-state index contributed by atoms with van der Waals surface area (Å²) >= 11 is 2.43. The van der Waals surface area contributed by atoms with Gasteiger partial charge in [-0.2, -0.15) is 0 Å². The third-order valence-electron chi connectivity index (χ3n) is 2.16. The SMILES string of the molecule is CC(=O)CCCCCCCCCI. The number of rotatable bonds is 9. The van der Waals surface area contributed by atoms with Crippen molar-refractivity contribution in [1.29, 1.82) is 0 Å². The van der Waals surface area contributed by atoms with Gasteiger partial charge in [-0.1, -0.05) is 54.7 Å². The van der Waals surface area contributed by atoms with Crippen molar-refractivity contribution in [2.45, 2.75) is 58.3 Å². The molecule has 0 radical (unpaired) electrons. The number of hydrogen-bond acceptors (Lipinski definition) is 1. The van der Waals surface area contributed by atoms with Crippen LogP contribution in [0.15, 0.2) is 0 Å². The van der Waals surface area contributed by atoms with E-state index in [1.165, 1.54) is 43.0 Å². The summed E-state index contributed by atoms with van der Waals surface area (Å²) in [7, 11) is 0. The molecule has 0 aromatic carbocycles. The molecule has 0 rings (SSSR count). The van der Waals surface area contributed by atoms with Crippen LogP contribution >= 0.6 is 22.6 Å². The summed E-state index contributed by atoms with van der Waals surface area (Å²) in [5.41, 5.74) is 0. The van der Waals surface area contributed by atoms with Crippen LogP contribution < -0.4 is 0 Å². The number of carbonyl (C=O) groups is 1. The number of Topliss-reactive ketones (excluding diaryl/α,β-unsaturated/α-hetero) is 1. The molecule has 0 unspecified atom stereocenters. The number of halogens is 1. The van der Waals surface area contributed by atoms with Gasteiger partial charge in [0.2, 0.25) is 0 Å². The topological polar surface area (TPSA) is 17.1 Å². The zero-order valence-electron chi connectivity index (χ0n) is 8.65. The lowest BCUT2D eigenvalue weighted by Gasteiger charge is -1.99. The fourth-order valence-corrected chi connectivity index (χ4v) is 1.89. The quantitative estimate of drug-likeness (QED) is 0.355. The van der Waals surface area contributed by atoms with Crippen LogP contribution in [0.3, 0.4) is 0 Å². The Hall–Kier alpha value is 0.400. The maximum atomic E-state index is 10.6. The molecule has 0 N–H and O–H groups in total. The molecule has 0 spiro atoms. The molecule has 0 aromatic rings. The van der Waals surface area contributed by atoms with Crippen molar-refractivity contribution in [2.75, 3.05) is 4.43 Å². The van der Waals surface area contributed by atoms with E-state index in [0.29, 0.717) is 5.78 Å². The second-order valence-electron chi connectivity index (χ2n) is 3.62. The van der Waals surface area contributed by atoms with Crippen molar-refractivity contribution < 1.29 is 4.79 Å². The Bertz CT molecular complexity index is 123. The third-order valence-corrected chi connectivity index (χ3v) is 2.93. The van der Waals surface area contributed by atoms with Crippen molar-refractivity contribution in [3.63, 3.8) is 0 Å². The van der Waals surface area contributed by atoms with E-state index in [1.807, 2.05) is 0 Å². The predicted octanol–water partition coefficient (Wildman–Crippen LogP) is 4.13. The molecule has 13 heavy (non-hydrogen) atoms. The Morgan fingerprint density at radius 2 is 1.38 bits per heavy atom. The van der Waals surface area contributed by atoms with Gasteiger partial charge in [0.05, 0.1) is 0 Å². The first-order valence-electron chi connectivity index (χ1n) is 5.32. The zero-order valence-corrected chi connectivity index (χ0v) is 10.8. The summed E-state index contributed by atoms with van der Waals surface area (Å²) in [4.78, 5) is 10.6. The largest absolute Gasteiger partial charge is 0.300 e. The number of unbranched alkanes of at least 4 members (excludes halogenated alkanes) is 6. The van der Waals surface area contributed by atoms with Gasteiger partial charge in [0.1, 0.15) is 5.78 Å². The van der Waals surface area contributed by atoms with Gasteiger partial charge in [-0.25, -0.2) is 0 Å². The van der Waals surface area contributed by atoms with Crippen LogP contribution in [0.2, 0.25) is 0 Å². The molecular weight excluding hydrogens is 275 g/mol. The fourth-order valence-electron chi connectivity index (χ4n) is 1.35. The molecule has 0 bridgehead atoms. The van der Waals surface area contributed by atoms with Crippen molar-refractivity contribution >= 4 is 28.4 Å². The standard InChI is InChI=1S/C11H21IO/c1-11(13)9-7-5-3-2-4-6-8-10-12/h2-10H2,1H3. The predicted molar refractivity (Wildman–Crippen MR) is 66.5 cm³/mol. The highest BCUT2D eigenvalue weighted by molar-refractivity contribution is 14.1. The molecular formula is C11H21IO. The second-order valence-corrected chi connectivity index (χ2v) is 4.69. The molecule has 2 heteroatoms. The molecule has 0 amide bonds. The van der Waals surface area contributed by atoms with E-state index in [-0.39, 0.29) is 0 Å². The number of carbonyl (C=O) groups excluding carboxylic acids is 1. The van der Waals surface area contributed by atoms with Crippen molar-refractivity contribution in [3.8, 4) is 0 Å². The van der Waals surface area contributed by atoms with Crippen molar-refractivity contribution in [3.05, 3.63) is 0 Å². The van der Waals surface area contributed by atoms with E-state index in [1.54, 1.807) is 6.92 Å². The summed E-state index contributed by atoms with van der Waals surface area (Å²) in [6.45, 7) is 1.68. The van der Waals surface area contributed by atoms with Gasteiger partial charge in [-0.15, -0.1) is 0 Å². The van der Waals surface area contributed by atoms with E-state index >= 15 is 0 Å². The highest BCUT2D eigenvalue weighted by Crippen LogP contribution is 2.09. The van der Waals surface area contributed by atoms with Crippen LogP contribution in [-0.4, -0.2) is 10.2 Å². The summed E-state index contributed by atoms with van der Waals surface area (Å²) in [5, 5.41) is 0. The monoisotopic (exact) mass is 296 g/mol. The number of ketones is 1. The van der Waals surface area contributed by atoms with Gasteiger partial charge in [-0.05, 0) is 24.2 Å². The smallest absolute Gasteiger partial charge is 0.129 e. The molecule has 0 fully saturated rings. The van der Waals surface area contributed by atoms with Gasteiger partial charge in [0, 0.05) is 6.42 Å². The first kappa shape index (κ1) is 13.4. The average molecular weight is 296 g/mol. The Labute approximate surface area is 95.8 Å². The Morgan fingerprint density at radius 3 is 1.85 bits per heavy atom. The summed E-state index contributed by atoms with van der Waals surface area (Å²) in [5.74, 6) is 0.338. The van der Waals surface area contributed by atoms with Crippen LogP contribution in [0.5, 0.6) is 0 Å². The van der Waals surface area contributed by atoms with Crippen molar-refractivity contribution in [1.82, 2.24) is 0 Å². The van der Waals surface area contributed by atoms with Gasteiger partial charge >= 0.3 is 0 Å². The summed E-state index contributed by atoms with van der Waals surface area (Å²) in [6.07, 6.45) is 9.93. The molecule has 0 aromatic heterocycles. The molecule has 0 heterocycles. The molecule has 0 atom stereocenters. The third kappa shape index (κ3) is 12.4. The van der Waals surface area contributed by atoms with Gasteiger partial charge < -0.3 is 4.79 Å². The van der Waals surface area contributed by atoms with E-state index < -0.39 is 0 Å². The number of alkyl halides is 1. The van der Waals surface area contributed by atoms with E-state index in [2.05, 4.69) is 22.6 Å². The molecule has 0 aliphatic heterocycles. The first-order valence-corrected chi connectivity index (χ1v) is 6.85. The van der Waals surface area contributed by atoms with E-state index in [9.17, 15) is 4.79 Å². The van der Waals surface area contributed by atoms with Crippen LogP contribution in [0, 0.1) is 0 Å². The highest BCUT2D eigenvalue weighted by Gasteiger charge is 1.94. The molecule has 0 aliphatic rings. The van der Waals surface area contributed by atoms with Crippen LogP contribution in [0.4, 0.5) is 0 Å². The Morgan fingerprint density at radius 1 is 0.923 bits per heavy atom. The lowest BCUT2D eigenvalue weighted by atomic mass is 10.1. The minimum atomic E-state index is 0.338. The molecule has 78 valence electrons. The maximum absolute atomic E-state index is 10.6. The highest BCUT2D eigenvalue weighted by atomic mass is 127. The summed E-state index contributed by atoms with van der Waals surface area (Å²) in [6, 6.07) is 0. The van der Waals surface area contributed by atoms with Crippen LogP contribution in [0.1, 0.15) is 58.3 Å². The Kier molecular flexibility index (Phi) is 10.8. The average Bonchev–Trinajstić information content (AvgIpc) is 2.09. The lowest BCUT2D eigenvalue weighted by Crippen LogP contribution is -1.89. The van der Waals surface area contributed by atoms with Crippen LogP contribution in [-0.2, 0) is 4.79 Å². The van der Waals surface area contributed by atoms with Crippen LogP contribution in [0.25, 0.3) is 0 Å². The molecule has 0 saturated heterocycles.